The fourth-order valence-corrected chi connectivity index (χ4v) is 6.38. The van der Waals surface area contributed by atoms with Crippen LogP contribution in [0.25, 0.3) is 11.0 Å². The number of benzene rings is 3. The number of carbonyl (C=O) groups is 2. The molecule has 0 aliphatic heterocycles. The molecular weight excluding hydrogens is 743 g/mol. The summed E-state index contributed by atoms with van der Waals surface area (Å²) < 4.78 is 23.9. The molecule has 47 heavy (non-hydrogen) atoms. The van der Waals surface area contributed by atoms with Crippen LogP contribution in [0.5, 0.6) is 17.2 Å². The predicted octanol–water partition coefficient (Wildman–Crippen LogP) is 4.46. The molecule has 0 saturated heterocycles. The number of halogens is 2. The minimum atomic E-state index is -1.32. The maximum atomic E-state index is 14.4. The third kappa shape index (κ3) is 7.68. The Labute approximate surface area is 289 Å². The molecule has 1 heterocycles. The van der Waals surface area contributed by atoms with Gasteiger partial charge in [0, 0.05) is 35.5 Å². The molecule has 4 aromatic rings. The van der Waals surface area contributed by atoms with Crippen LogP contribution >= 0.6 is 34.2 Å². The van der Waals surface area contributed by atoms with E-state index in [9.17, 15) is 24.9 Å². The van der Waals surface area contributed by atoms with Gasteiger partial charge >= 0.3 is 0 Å². The standard InChI is InChI=1S/C34H34ClIN2O9/c1-44-26-5-3-4-21-15-29(47-31(21)26)34(43)38(17-19-6-8-23(35)9-7-19)25-14-22(33(42)37-10-11-39)16-27(30(25)41)46-32-24(36)12-20(18-40)13-28(32)45-2/h3-9,12-13,15-16,25,27,30,39-41H,10-11,14,17-18H2,1-2H3,(H,37,42)/t25-,27+,30+/m1/s1. The lowest BCUT2D eigenvalue weighted by molar-refractivity contribution is -0.118. The van der Waals surface area contributed by atoms with E-state index in [1.165, 1.54) is 25.2 Å². The van der Waals surface area contributed by atoms with Crippen LogP contribution in [-0.4, -0.2) is 77.7 Å². The van der Waals surface area contributed by atoms with Gasteiger partial charge in [-0.25, -0.2) is 0 Å². The fourth-order valence-electron chi connectivity index (χ4n) is 5.46. The Kier molecular flexibility index (Phi) is 11.3. The first kappa shape index (κ1) is 34.5. The molecule has 3 atom stereocenters. The number of nitrogens with one attached hydrogen (secondary N) is 1. The molecule has 0 radical (unpaired) electrons. The van der Waals surface area contributed by atoms with E-state index >= 15 is 0 Å². The Bertz CT molecular complexity index is 1780. The van der Waals surface area contributed by atoms with Crippen LogP contribution in [-0.2, 0) is 17.9 Å². The van der Waals surface area contributed by atoms with Crippen molar-refractivity contribution in [2.24, 2.45) is 0 Å². The number of aliphatic hydroxyl groups excluding tert-OH is 3. The van der Waals surface area contributed by atoms with Gasteiger partial charge in [0.05, 0.1) is 37.0 Å². The number of hydrogen-bond acceptors (Lipinski definition) is 9. The molecule has 1 aliphatic carbocycles. The van der Waals surface area contributed by atoms with Gasteiger partial charge in [-0.15, -0.1) is 0 Å². The van der Waals surface area contributed by atoms with E-state index in [4.69, 9.17) is 30.2 Å². The quantitative estimate of drug-likeness (QED) is 0.153. The van der Waals surface area contributed by atoms with Crippen molar-refractivity contribution in [1.29, 1.82) is 0 Å². The Morgan fingerprint density at radius 1 is 1.04 bits per heavy atom. The zero-order chi connectivity index (χ0) is 33.7. The number of rotatable bonds is 12. The molecule has 13 heteroatoms. The van der Waals surface area contributed by atoms with E-state index in [1.807, 2.05) is 22.6 Å². The molecule has 5 rings (SSSR count). The predicted molar refractivity (Wildman–Crippen MR) is 183 cm³/mol. The highest BCUT2D eigenvalue weighted by Crippen LogP contribution is 2.38. The summed E-state index contributed by atoms with van der Waals surface area (Å²) in [5, 5.41) is 34.8. The average Bonchev–Trinajstić information content (AvgIpc) is 3.53. The first-order valence-electron chi connectivity index (χ1n) is 14.7. The molecule has 0 unspecified atom stereocenters. The second kappa shape index (κ2) is 15.4. The maximum absolute atomic E-state index is 14.4. The summed E-state index contributed by atoms with van der Waals surface area (Å²) in [6.45, 7) is -0.437. The number of hydrogen-bond donors (Lipinski definition) is 4. The number of fused-ring (bicyclic) bond motifs is 1. The topological polar surface area (TPSA) is 151 Å². The van der Waals surface area contributed by atoms with Crippen molar-refractivity contribution in [3.8, 4) is 17.2 Å². The monoisotopic (exact) mass is 776 g/mol. The summed E-state index contributed by atoms with van der Waals surface area (Å²) in [6, 6.07) is 16.2. The first-order chi connectivity index (χ1) is 22.7. The lowest BCUT2D eigenvalue weighted by atomic mass is 9.87. The maximum Gasteiger partial charge on any atom is 0.290 e. The number of para-hydroxylation sites is 1. The average molecular weight is 777 g/mol. The van der Waals surface area contributed by atoms with Crippen molar-refractivity contribution in [3.05, 3.63) is 97.8 Å². The van der Waals surface area contributed by atoms with Crippen LogP contribution < -0.4 is 19.5 Å². The van der Waals surface area contributed by atoms with Gasteiger partial charge in [-0.05, 0) is 76.2 Å². The smallest absolute Gasteiger partial charge is 0.290 e. The molecule has 3 aromatic carbocycles. The van der Waals surface area contributed by atoms with E-state index in [-0.39, 0.29) is 44.1 Å². The van der Waals surface area contributed by atoms with Gasteiger partial charge in [-0.1, -0.05) is 35.9 Å². The third-order valence-electron chi connectivity index (χ3n) is 7.81. The molecule has 1 aliphatic rings. The lowest BCUT2D eigenvalue weighted by Gasteiger charge is -2.40. The van der Waals surface area contributed by atoms with Crippen molar-refractivity contribution in [2.75, 3.05) is 27.4 Å². The van der Waals surface area contributed by atoms with Crippen LogP contribution in [0.3, 0.4) is 0 Å². The van der Waals surface area contributed by atoms with Gasteiger partial charge in [0.25, 0.3) is 5.91 Å². The molecule has 4 N–H and O–H groups in total. The number of methoxy groups -OCH3 is 2. The number of amides is 2. The second-order valence-corrected chi connectivity index (χ2v) is 12.4. The molecule has 0 saturated carbocycles. The van der Waals surface area contributed by atoms with Gasteiger partial charge in [-0.2, -0.15) is 0 Å². The second-order valence-electron chi connectivity index (χ2n) is 10.8. The van der Waals surface area contributed by atoms with Gasteiger partial charge in [-0.3, -0.25) is 9.59 Å². The molecular formula is C34H34ClIN2O9. The minimum absolute atomic E-state index is 0.0114. The van der Waals surface area contributed by atoms with Crippen molar-refractivity contribution in [3.63, 3.8) is 0 Å². The SMILES string of the molecule is COc1cc(CO)cc(I)c1O[C@H]1C=C(C(=O)NCCO)C[C@@H](N(Cc2ccc(Cl)cc2)C(=O)c2cc3cccc(OC)c3o2)[C@@H]1O. The number of ether oxygens (including phenoxy) is 3. The zero-order valence-electron chi connectivity index (χ0n) is 25.6. The van der Waals surface area contributed by atoms with Crippen LogP contribution in [0.4, 0.5) is 0 Å². The van der Waals surface area contributed by atoms with Gasteiger partial charge < -0.3 is 44.2 Å². The third-order valence-corrected chi connectivity index (χ3v) is 8.86. The largest absolute Gasteiger partial charge is 0.493 e. The van der Waals surface area contributed by atoms with Crippen molar-refractivity contribution >= 4 is 57.0 Å². The summed E-state index contributed by atoms with van der Waals surface area (Å²) in [7, 11) is 2.96. The van der Waals surface area contributed by atoms with E-state index in [0.29, 0.717) is 42.4 Å². The van der Waals surface area contributed by atoms with E-state index in [2.05, 4.69) is 5.32 Å². The van der Waals surface area contributed by atoms with Gasteiger partial charge in [0.1, 0.15) is 12.2 Å². The van der Waals surface area contributed by atoms with Crippen molar-refractivity contribution in [2.45, 2.75) is 37.8 Å². The Morgan fingerprint density at radius 2 is 1.79 bits per heavy atom. The summed E-state index contributed by atoms with van der Waals surface area (Å²) in [4.78, 5) is 29.1. The van der Waals surface area contributed by atoms with Crippen LogP contribution in [0, 0.1) is 3.57 Å². The summed E-state index contributed by atoms with van der Waals surface area (Å²) in [6.07, 6.45) is -0.945. The summed E-state index contributed by atoms with van der Waals surface area (Å²) >= 11 is 8.18. The van der Waals surface area contributed by atoms with Crippen molar-refractivity contribution in [1.82, 2.24) is 10.2 Å². The normalized spacial score (nSPS) is 17.6. The summed E-state index contributed by atoms with van der Waals surface area (Å²) in [5.41, 5.74) is 1.97. The number of furan rings is 1. The lowest BCUT2D eigenvalue weighted by Crippen LogP contribution is -2.54. The Balaban J connectivity index is 1.58. The number of aliphatic hydroxyl groups is 3. The highest BCUT2D eigenvalue weighted by molar-refractivity contribution is 14.1. The molecule has 248 valence electrons. The van der Waals surface area contributed by atoms with E-state index < -0.39 is 30.1 Å². The molecule has 0 bridgehead atoms. The van der Waals surface area contributed by atoms with Crippen LogP contribution in [0.1, 0.15) is 28.1 Å². The molecule has 2 amide bonds. The molecule has 1 aromatic heterocycles. The Morgan fingerprint density at radius 3 is 2.47 bits per heavy atom. The minimum Gasteiger partial charge on any atom is -0.493 e. The summed E-state index contributed by atoms with van der Waals surface area (Å²) in [5.74, 6) is 0.0755. The zero-order valence-corrected chi connectivity index (χ0v) is 28.5. The number of nitrogens with zero attached hydrogens (tertiary/aromatic N) is 1. The Hall–Kier alpha value is -3.82. The highest BCUT2D eigenvalue weighted by atomic mass is 127. The first-order valence-corrected chi connectivity index (χ1v) is 16.2. The van der Waals surface area contributed by atoms with E-state index in [0.717, 1.165) is 5.56 Å². The van der Waals surface area contributed by atoms with Crippen LogP contribution in [0.15, 0.2) is 76.7 Å². The molecule has 11 nitrogen and oxygen atoms in total. The van der Waals surface area contributed by atoms with Gasteiger partial charge in [0.15, 0.2) is 28.6 Å². The molecule has 0 spiro atoms. The molecule has 0 fully saturated rings. The highest BCUT2D eigenvalue weighted by Gasteiger charge is 2.42. The van der Waals surface area contributed by atoms with Crippen molar-refractivity contribution < 1.29 is 43.5 Å². The number of carbonyl (C=O) groups excluding carboxylic acids is 2. The van der Waals surface area contributed by atoms with E-state index in [1.54, 1.807) is 60.7 Å². The van der Waals surface area contributed by atoms with Gasteiger partial charge in [0.2, 0.25) is 5.91 Å². The fraction of sp³-hybridized carbons (Fsp3) is 0.294. The van der Waals surface area contributed by atoms with Crippen LogP contribution in [0.2, 0.25) is 5.02 Å².